The van der Waals surface area contributed by atoms with Crippen LogP contribution in [0.25, 0.3) is 0 Å². The molecule has 156 valence electrons. The number of alkyl halides is 1. The van der Waals surface area contributed by atoms with Crippen molar-refractivity contribution in [3.63, 3.8) is 0 Å². The predicted molar refractivity (Wildman–Crippen MR) is 123 cm³/mol. The first-order valence-electron chi connectivity index (χ1n) is 5.93. The molecule has 2 rings (SSSR count). The monoisotopic (exact) mass is 556 g/mol. The van der Waals surface area contributed by atoms with Crippen molar-refractivity contribution in [2.24, 2.45) is 0 Å². The molecule has 0 bridgehead atoms. The van der Waals surface area contributed by atoms with E-state index in [1.54, 1.807) is 12.3 Å². The van der Waals surface area contributed by atoms with Gasteiger partial charge in [-0.25, -0.2) is 9.97 Å². The summed E-state index contributed by atoms with van der Waals surface area (Å²) in [4.78, 5) is 7.54. The molecule has 2 aromatic heterocycles. The van der Waals surface area contributed by atoms with Crippen LogP contribution in [-0.2, 0) is 17.1 Å². The summed E-state index contributed by atoms with van der Waals surface area (Å²) >= 11 is 41.8. The van der Waals surface area contributed by atoms with Gasteiger partial charge in [0.15, 0.2) is 0 Å². The van der Waals surface area contributed by atoms with E-state index < -0.39 is 5.20 Å². The zero-order chi connectivity index (χ0) is 19.6. The SMILES string of the molecule is C.C.ClCc1cnc(Cl)cc1Cl.O=P(Cl)(Cl)Cl.OCc1cnc(Cl)cc1Cl. The highest BCUT2D eigenvalue weighted by atomic mass is 36.0. The number of hydrogen-bond acceptors (Lipinski definition) is 4. The van der Waals surface area contributed by atoms with E-state index in [9.17, 15) is 4.57 Å². The summed E-state index contributed by atoms with van der Waals surface area (Å²) in [5.41, 5.74) is 1.39. The lowest BCUT2D eigenvalue weighted by Gasteiger charge is -1.97. The molecule has 0 saturated heterocycles. The van der Waals surface area contributed by atoms with Crippen molar-refractivity contribution in [2.75, 3.05) is 0 Å². The molecule has 0 saturated carbocycles. The van der Waals surface area contributed by atoms with Gasteiger partial charge in [0, 0.05) is 28.5 Å². The standard InChI is InChI=1S/C6H4Cl3N.C6H5Cl2NO.2CH4.Cl3OP/c7-2-4-3-10-6(9)1-5(4)8;7-5-1-6(8)9-2-4(5)3-10;;;1-5(2,3)4/h1,3H,2H2;1-2,10H,3H2;2*1H4;. The lowest BCUT2D eigenvalue weighted by atomic mass is 10.3. The van der Waals surface area contributed by atoms with Gasteiger partial charge in [0.05, 0.1) is 17.5 Å². The fourth-order valence-corrected chi connectivity index (χ4v) is 2.23. The van der Waals surface area contributed by atoms with Gasteiger partial charge in [0.1, 0.15) is 10.3 Å². The third-order valence-electron chi connectivity index (χ3n) is 2.11. The van der Waals surface area contributed by atoms with Gasteiger partial charge in [-0.1, -0.05) is 61.3 Å². The highest BCUT2D eigenvalue weighted by Gasteiger charge is 2.03. The predicted octanol–water partition coefficient (Wildman–Crippen LogP) is 9.09. The zero-order valence-electron chi connectivity index (χ0n) is 11.9. The number of nitrogens with zero attached hydrogens (tertiary/aromatic N) is 2. The molecule has 0 spiro atoms. The number of aliphatic hydroxyl groups is 1. The smallest absolute Gasteiger partial charge is 0.339 e. The molecule has 27 heavy (non-hydrogen) atoms. The van der Waals surface area contributed by atoms with Crippen molar-refractivity contribution in [3.05, 3.63) is 56.0 Å². The van der Waals surface area contributed by atoms with Crippen molar-refractivity contribution in [2.45, 2.75) is 27.3 Å². The van der Waals surface area contributed by atoms with Crippen LogP contribution in [0, 0.1) is 0 Å². The van der Waals surface area contributed by atoms with Gasteiger partial charge in [-0.15, -0.1) is 11.6 Å². The molecule has 2 aromatic rings. The van der Waals surface area contributed by atoms with Crippen LogP contribution in [0.1, 0.15) is 26.0 Å². The summed E-state index contributed by atoms with van der Waals surface area (Å²) < 4.78 is 9.51. The van der Waals surface area contributed by atoms with Crippen molar-refractivity contribution >= 4 is 96.9 Å². The Hall–Kier alpha value is 0.810. The Balaban J connectivity index is -0.000000326. The van der Waals surface area contributed by atoms with Gasteiger partial charge in [0.25, 0.3) is 0 Å². The molecule has 0 aliphatic rings. The Morgan fingerprint density at radius 2 is 1.19 bits per heavy atom. The number of pyridine rings is 2. The molecule has 4 nitrogen and oxygen atoms in total. The van der Waals surface area contributed by atoms with Crippen molar-refractivity contribution in [1.82, 2.24) is 9.97 Å². The molecule has 13 heteroatoms. The minimum absolute atomic E-state index is 0. The summed E-state index contributed by atoms with van der Waals surface area (Å²) in [5.74, 6) is 0.364. The maximum absolute atomic E-state index is 9.51. The molecule has 0 aliphatic heterocycles. The summed E-state index contributed by atoms with van der Waals surface area (Å²) in [6, 6.07) is 3.06. The molecule has 0 unspecified atom stereocenters. The number of aromatic nitrogens is 2. The van der Waals surface area contributed by atoms with Gasteiger partial charge in [-0.2, -0.15) is 0 Å². The molecular formula is C14H17Cl8N2O2P. The second-order valence-electron chi connectivity index (χ2n) is 3.89. The van der Waals surface area contributed by atoms with Gasteiger partial charge in [-0.3, -0.25) is 4.57 Å². The quantitative estimate of drug-likeness (QED) is 0.226. The van der Waals surface area contributed by atoms with E-state index in [1.165, 1.54) is 12.3 Å². The Morgan fingerprint density at radius 3 is 1.44 bits per heavy atom. The normalized spacial score (nSPS) is 9.52. The molecule has 0 aromatic carbocycles. The van der Waals surface area contributed by atoms with Gasteiger partial charge >= 0.3 is 5.20 Å². The number of hydrogen-bond donors (Lipinski definition) is 1. The van der Waals surface area contributed by atoms with Crippen molar-refractivity contribution in [3.8, 4) is 0 Å². The fraction of sp³-hybridized carbons (Fsp3) is 0.286. The third kappa shape index (κ3) is 17.4. The maximum Gasteiger partial charge on any atom is 0.339 e. The first-order valence-corrected chi connectivity index (χ1v) is 12.4. The Labute approximate surface area is 198 Å². The number of halogens is 8. The van der Waals surface area contributed by atoms with E-state index in [4.69, 9.17) is 63.1 Å². The highest BCUT2D eigenvalue weighted by molar-refractivity contribution is 8.24. The van der Waals surface area contributed by atoms with E-state index in [-0.39, 0.29) is 21.5 Å². The molecule has 0 atom stereocenters. The zero-order valence-corrected chi connectivity index (χ0v) is 18.9. The van der Waals surface area contributed by atoms with Crippen LogP contribution in [0.3, 0.4) is 0 Å². The van der Waals surface area contributed by atoms with Gasteiger partial charge < -0.3 is 5.11 Å². The van der Waals surface area contributed by atoms with E-state index in [0.717, 1.165) is 5.56 Å². The molecular weight excluding hydrogens is 543 g/mol. The van der Waals surface area contributed by atoms with E-state index in [0.29, 0.717) is 31.8 Å². The van der Waals surface area contributed by atoms with Crippen LogP contribution in [-0.4, -0.2) is 15.1 Å². The lowest BCUT2D eigenvalue weighted by molar-refractivity contribution is 0.281. The van der Waals surface area contributed by atoms with Crippen LogP contribution in [0.5, 0.6) is 0 Å². The number of aliphatic hydroxyl groups excluding tert-OH is 1. The highest BCUT2D eigenvalue weighted by Crippen LogP contribution is 2.61. The molecule has 0 amide bonds. The second kappa shape index (κ2) is 16.6. The van der Waals surface area contributed by atoms with Crippen LogP contribution in [0.4, 0.5) is 0 Å². The van der Waals surface area contributed by atoms with Crippen LogP contribution in [0.2, 0.25) is 20.4 Å². The van der Waals surface area contributed by atoms with Crippen molar-refractivity contribution < 1.29 is 9.67 Å². The topological polar surface area (TPSA) is 63.1 Å². The van der Waals surface area contributed by atoms with Crippen LogP contribution in [0.15, 0.2) is 24.5 Å². The third-order valence-corrected chi connectivity index (χ3v) is 3.51. The summed E-state index contributed by atoms with van der Waals surface area (Å²) in [6.07, 6.45) is 3.02. The minimum atomic E-state index is -3.22. The Bertz CT molecular complexity index is 670. The molecule has 0 radical (unpaired) electrons. The largest absolute Gasteiger partial charge is 0.392 e. The maximum atomic E-state index is 9.51. The van der Waals surface area contributed by atoms with Crippen LogP contribution >= 0.6 is 96.9 Å². The van der Waals surface area contributed by atoms with Gasteiger partial charge in [-0.05, 0) is 45.9 Å². The minimum Gasteiger partial charge on any atom is -0.392 e. The summed E-state index contributed by atoms with van der Waals surface area (Å²) in [7, 11) is 0. The summed E-state index contributed by atoms with van der Waals surface area (Å²) in [6.45, 7) is -0.108. The van der Waals surface area contributed by atoms with Crippen LogP contribution < -0.4 is 0 Å². The molecule has 2 heterocycles. The average Bonchev–Trinajstić information content (AvgIpc) is 2.46. The van der Waals surface area contributed by atoms with E-state index in [2.05, 4.69) is 43.7 Å². The van der Waals surface area contributed by atoms with Crippen molar-refractivity contribution in [1.29, 1.82) is 0 Å². The second-order valence-corrected chi connectivity index (χ2v) is 12.4. The Morgan fingerprint density at radius 1 is 0.852 bits per heavy atom. The summed E-state index contributed by atoms with van der Waals surface area (Å²) in [5, 5.41) is 7.15. The Kier molecular flexibility index (Phi) is 20.0. The van der Waals surface area contributed by atoms with Gasteiger partial charge in [0.2, 0.25) is 0 Å². The fourth-order valence-electron chi connectivity index (χ4n) is 1.09. The first-order chi connectivity index (χ1) is 11.5. The molecule has 0 aliphatic carbocycles. The van der Waals surface area contributed by atoms with E-state index in [1.807, 2.05) is 0 Å². The first kappa shape index (κ1) is 32.5. The lowest BCUT2D eigenvalue weighted by Crippen LogP contribution is -1.86. The molecule has 1 N–H and O–H groups in total. The van der Waals surface area contributed by atoms with E-state index >= 15 is 0 Å². The molecule has 0 fully saturated rings. The average molecular weight is 560 g/mol. The number of rotatable bonds is 2.